The van der Waals surface area contributed by atoms with Gasteiger partial charge in [-0.1, -0.05) is 48.3 Å². The largest absolute Gasteiger partial charge is 2.00 e. The molecule has 0 saturated carbocycles. The summed E-state index contributed by atoms with van der Waals surface area (Å²) in [7, 11) is -1.39. The molecule has 0 amide bonds. The second-order valence-electron chi connectivity index (χ2n) is 3.54. The molecule has 0 aliphatic rings. The first kappa shape index (κ1) is 17.6. The topological polar surface area (TPSA) is 23.1 Å². The number of unbranched alkanes of at least 4 members (excludes halogenated alkanes) is 1. The van der Waals surface area contributed by atoms with E-state index in [1.165, 1.54) is 24.8 Å². The normalized spacial score (nSPS) is 8.87. The fourth-order valence-corrected chi connectivity index (χ4v) is 0.953. The number of rotatable bonds is 3. The van der Waals surface area contributed by atoms with E-state index in [1.807, 2.05) is 12.1 Å². The van der Waals surface area contributed by atoms with Crippen LogP contribution in [0.4, 0.5) is 0 Å². The van der Waals surface area contributed by atoms with Crippen molar-refractivity contribution in [3.63, 3.8) is 0 Å². The van der Waals surface area contributed by atoms with E-state index >= 15 is 0 Å². The second-order valence-corrected chi connectivity index (χ2v) is 5.64. The smallest absolute Gasteiger partial charge is 0.861 e. The van der Waals surface area contributed by atoms with Crippen molar-refractivity contribution < 1.29 is 4.80 Å². The van der Waals surface area contributed by atoms with Crippen LogP contribution >= 0.6 is 0 Å². The first-order valence-electron chi connectivity index (χ1n) is 5.28. The molecule has 15 heavy (non-hydrogen) atoms. The Morgan fingerprint density at radius 2 is 1.93 bits per heavy atom. The van der Waals surface area contributed by atoms with Gasteiger partial charge in [0.25, 0.3) is 0 Å². The minimum Gasteiger partial charge on any atom is -0.861 e. The molecule has 0 heterocycles. The molecule has 1 rings (SSSR count). The Morgan fingerprint density at radius 3 is 2.33 bits per heavy atom. The molecule has 0 saturated heterocycles. The molecule has 0 bridgehead atoms. The molecule has 80 valence electrons. The quantitative estimate of drug-likeness (QED) is 0.576. The predicted molar refractivity (Wildman–Crippen MR) is 68.5 cm³/mol. The third-order valence-electron chi connectivity index (χ3n) is 1.57. The van der Waals surface area contributed by atoms with Gasteiger partial charge in [-0.15, -0.1) is 0 Å². The van der Waals surface area contributed by atoms with Crippen molar-refractivity contribution in [1.82, 2.24) is 0 Å². The maximum Gasteiger partial charge on any atom is 2.00 e. The van der Waals surface area contributed by atoms with Crippen LogP contribution in [0.5, 0.6) is 0 Å². The Labute approximate surface area is 112 Å². The first-order chi connectivity index (χ1) is 6.66. The van der Waals surface area contributed by atoms with Crippen LogP contribution in [0.25, 0.3) is 0 Å². The Hall–Kier alpha value is 0.163. The molecule has 0 fully saturated rings. The summed E-state index contributed by atoms with van der Waals surface area (Å²) in [6.45, 7) is 5.71. The maximum atomic E-state index is 9.67. The average molecular weight is 233 g/mol. The molecule has 0 unspecified atom stereocenters. The number of benzene rings is 1. The SMILES string of the molecule is CCCCc1[c-]cccc1.C[SiH](C)[O-].[Mg+2]. The van der Waals surface area contributed by atoms with Crippen molar-refractivity contribution in [2.24, 2.45) is 0 Å². The first-order valence-corrected chi connectivity index (χ1v) is 8.06. The molecule has 0 radical (unpaired) electrons. The Balaban J connectivity index is 0. The molecule has 0 spiro atoms. The zero-order valence-corrected chi connectivity index (χ0v) is 12.7. The van der Waals surface area contributed by atoms with Gasteiger partial charge in [-0.3, -0.25) is 0 Å². The van der Waals surface area contributed by atoms with Gasteiger partial charge < -0.3 is 4.80 Å². The van der Waals surface area contributed by atoms with Crippen LogP contribution in [0.1, 0.15) is 25.3 Å². The fraction of sp³-hybridized carbons (Fsp3) is 0.500. The van der Waals surface area contributed by atoms with Gasteiger partial charge in [0, 0.05) is 0 Å². The molecule has 0 atom stereocenters. The van der Waals surface area contributed by atoms with Crippen LogP contribution in [0.2, 0.25) is 13.1 Å². The molecule has 1 aromatic carbocycles. The molecular formula is C12H20MgOSi. The summed E-state index contributed by atoms with van der Waals surface area (Å²) in [6, 6.07) is 11.4. The Kier molecular flexibility index (Phi) is 14.3. The molecule has 1 nitrogen and oxygen atoms in total. The molecule has 3 heteroatoms. The van der Waals surface area contributed by atoms with Crippen molar-refractivity contribution >= 4 is 32.1 Å². The van der Waals surface area contributed by atoms with E-state index in [0.29, 0.717) is 0 Å². The molecule has 0 aliphatic carbocycles. The molecule has 0 aliphatic heterocycles. The van der Waals surface area contributed by atoms with Crippen LogP contribution < -0.4 is 4.80 Å². The van der Waals surface area contributed by atoms with Crippen LogP contribution in [0.3, 0.4) is 0 Å². The van der Waals surface area contributed by atoms with Crippen molar-refractivity contribution in [1.29, 1.82) is 0 Å². The van der Waals surface area contributed by atoms with Crippen molar-refractivity contribution in [3.05, 3.63) is 35.9 Å². The van der Waals surface area contributed by atoms with Crippen molar-refractivity contribution in [2.75, 3.05) is 0 Å². The summed E-state index contributed by atoms with van der Waals surface area (Å²) in [6.07, 6.45) is 3.72. The number of hydrogen-bond acceptors (Lipinski definition) is 1. The average Bonchev–Trinajstić information content (AvgIpc) is 2.15. The van der Waals surface area contributed by atoms with Crippen LogP contribution in [0.15, 0.2) is 24.3 Å². The molecule has 0 N–H and O–H groups in total. The molecular weight excluding hydrogens is 213 g/mol. The summed E-state index contributed by atoms with van der Waals surface area (Å²) in [5.74, 6) is 0. The van der Waals surface area contributed by atoms with E-state index in [-0.39, 0.29) is 23.1 Å². The van der Waals surface area contributed by atoms with Gasteiger partial charge in [0.05, 0.1) is 0 Å². The zero-order valence-electron chi connectivity index (χ0n) is 10.1. The minimum atomic E-state index is -1.39. The van der Waals surface area contributed by atoms with Crippen LogP contribution in [0, 0.1) is 6.07 Å². The standard InChI is InChI=1S/C10H13.C2H7OSi.Mg/c1-2-3-7-10-8-5-4-6-9-10;1-4(2)3;/h4-6,8H,2-3,7H2,1H3;4H,1-2H3;/q2*-1;+2. The van der Waals surface area contributed by atoms with E-state index in [1.54, 1.807) is 13.1 Å². The number of hydrogen-bond donors (Lipinski definition) is 0. The monoisotopic (exact) mass is 232 g/mol. The van der Waals surface area contributed by atoms with E-state index in [4.69, 9.17) is 0 Å². The molecule has 0 aromatic heterocycles. The van der Waals surface area contributed by atoms with Gasteiger partial charge >= 0.3 is 23.1 Å². The van der Waals surface area contributed by atoms with Gasteiger partial charge in [0.15, 0.2) is 0 Å². The number of aryl methyl sites for hydroxylation is 1. The fourth-order valence-electron chi connectivity index (χ4n) is 0.953. The van der Waals surface area contributed by atoms with Gasteiger partial charge in [-0.25, -0.2) is 0 Å². The Bertz CT molecular complexity index is 211. The third-order valence-corrected chi connectivity index (χ3v) is 1.57. The maximum absolute atomic E-state index is 9.67. The van der Waals surface area contributed by atoms with Gasteiger partial charge in [0.1, 0.15) is 0 Å². The Morgan fingerprint density at radius 1 is 1.33 bits per heavy atom. The van der Waals surface area contributed by atoms with Gasteiger partial charge in [-0.05, 0) is 0 Å². The van der Waals surface area contributed by atoms with E-state index in [0.717, 1.165) is 0 Å². The minimum absolute atomic E-state index is 0. The summed E-state index contributed by atoms with van der Waals surface area (Å²) >= 11 is 0. The third kappa shape index (κ3) is 14.2. The van der Waals surface area contributed by atoms with Gasteiger partial charge in [0.2, 0.25) is 0 Å². The summed E-state index contributed by atoms with van der Waals surface area (Å²) in [5.41, 5.74) is 1.34. The van der Waals surface area contributed by atoms with Crippen molar-refractivity contribution in [3.8, 4) is 0 Å². The van der Waals surface area contributed by atoms with Crippen LogP contribution in [-0.4, -0.2) is 32.1 Å². The predicted octanol–water partition coefficient (Wildman–Crippen LogP) is 1.78. The molecule has 1 aromatic rings. The summed E-state index contributed by atoms with van der Waals surface area (Å²) in [5, 5.41) is 0. The van der Waals surface area contributed by atoms with Crippen LogP contribution in [-0.2, 0) is 6.42 Å². The van der Waals surface area contributed by atoms with Gasteiger partial charge in [-0.2, -0.15) is 35.9 Å². The summed E-state index contributed by atoms with van der Waals surface area (Å²) in [4.78, 5) is 9.67. The van der Waals surface area contributed by atoms with E-state index < -0.39 is 9.04 Å². The second kappa shape index (κ2) is 12.2. The van der Waals surface area contributed by atoms with Crippen molar-refractivity contribution in [2.45, 2.75) is 39.3 Å². The zero-order chi connectivity index (χ0) is 10.8. The van der Waals surface area contributed by atoms with E-state index in [2.05, 4.69) is 25.1 Å². The summed E-state index contributed by atoms with van der Waals surface area (Å²) < 4.78 is 0. The van der Waals surface area contributed by atoms with E-state index in [9.17, 15) is 4.80 Å².